The van der Waals surface area contributed by atoms with E-state index in [9.17, 15) is 9.59 Å². The average Bonchev–Trinajstić information content (AvgIpc) is 2.66. The molecule has 1 aliphatic heterocycles. The Balaban J connectivity index is 2.04. The zero-order valence-electron chi connectivity index (χ0n) is 14.5. The van der Waals surface area contributed by atoms with E-state index in [-0.39, 0.29) is 23.2 Å². The molecule has 7 nitrogen and oxygen atoms in total. The van der Waals surface area contributed by atoms with Gasteiger partial charge in [-0.3, -0.25) is 14.5 Å². The summed E-state index contributed by atoms with van der Waals surface area (Å²) < 4.78 is 21.1. The van der Waals surface area contributed by atoms with Gasteiger partial charge in [-0.1, -0.05) is 12.1 Å². The molecule has 0 saturated heterocycles. The van der Waals surface area contributed by atoms with Gasteiger partial charge in [0.25, 0.3) is 5.91 Å². The third-order valence-corrected chi connectivity index (χ3v) is 3.70. The molecule has 0 unspecified atom stereocenters. The second-order valence-electron chi connectivity index (χ2n) is 5.35. The highest BCUT2D eigenvalue weighted by molar-refractivity contribution is 6.09. The van der Waals surface area contributed by atoms with Crippen LogP contribution in [0.4, 0.5) is 5.69 Å². The molecule has 26 heavy (non-hydrogen) atoms. The van der Waals surface area contributed by atoms with Crippen molar-refractivity contribution < 1.29 is 28.5 Å². The van der Waals surface area contributed by atoms with Crippen LogP contribution in [-0.2, 0) is 4.79 Å². The Kier molecular flexibility index (Phi) is 4.79. The molecule has 0 bridgehead atoms. The maximum absolute atomic E-state index is 13.0. The number of carbonyl (C=O) groups excluding carboxylic acids is 2. The molecule has 0 aliphatic carbocycles. The Labute approximate surface area is 150 Å². The molecule has 1 heterocycles. The fourth-order valence-corrected chi connectivity index (χ4v) is 2.56. The summed E-state index contributed by atoms with van der Waals surface area (Å²) in [5.74, 6) is 0.284. The SMILES string of the molecule is COc1cc(C(=O)N2C=COc3ccccc32)cc(OC)c1OC(C)=O. The number of fused-ring (bicyclic) bond motifs is 1. The van der Waals surface area contributed by atoms with E-state index in [2.05, 4.69) is 0 Å². The van der Waals surface area contributed by atoms with E-state index in [0.29, 0.717) is 17.0 Å². The number of carbonyl (C=O) groups is 2. The Morgan fingerprint density at radius 2 is 1.69 bits per heavy atom. The van der Waals surface area contributed by atoms with Crippen LogP contribution in [0, 0.1) is 0 Å². The number of para-hydroxylation sites is 2. The van der Waals surface area contributed by atoms with Gasteiger partial charge >= 0.3 is 5.97 Å². The monoisotopic (exact) mass is 355 g/mol. The quantitative estimate of drug-likeness (QED) is 0.620. The molecular weight excluding hydrogens is 338 g/mol. The van der Waals surface area contributed by atoms with Gasteiger partial charge in [0.2, 0.25) is 5.75 Å². The Hall–Kier alpha value is -3.48. The number of nitrogens with zero attached hydrogens (tertiary/aromatic N) is 1. The van der Waals surface area contributed by atoms with Crippen molar-refractivity contribution in [2.24, 2.45) is 0 Å². The summed E-state index contributed by atoms with van der Waals surface area (Å²) >= 11 is 0. The van der Waals surface area contributed by atoms with Crippen molar-refractivity contribution in [2.75, 3.05) is 19.1 Å². The molecule has 0 N–H and O–H groups in total. The molecule has 1 amide bonds. The van der Waals surface area contributed by atoms with Gasteiger partial charge in [0.1, 0.15) is 6.26 Å². The lowest BCUT2D eigenvalue weighted by Gasteiger charge is -2.24. The van der Waals surface area contributed by atoms with E-state index >= 15 is 0 Å². The van der Waals surface area contributed by atoms with Crippen LogP contribution in [0.2, 0.25) is 0 Å². The summed E-state index contributed by atoms with van der Waals surface area (Å²) in [6.45, 7) is 1.27. The summed E-state index contributed by atoms with van der Waals surface area (Å²) in [5.41, 5.74) is 0.915. The molecule has 0 aromatic heterocycles. The number of anilines is 1. The molecule has 134 valence electrons. The van der Waals surface area contributed by atoms with Crippen LogP contribution in [0.25, 0.3) is 0 Å². The van der Waals surface area contributed by atoms with Crippen LogP contribution in [0.5, 0.6) is 23.0 Å². The van der Waals surface area contributed by atoms with Crippen molar-refractivity contribution in [3.05, 3.63) is 54.4 Å². The van der Waals surface area contributed by atoms with E-state index in [0.717, 1.165) is 0 Å². The third kappa shape index (κ3) is 3.19. The van der Waals surface area contributed by atoms with Crippen LogP contribution < -0.4 is 23.8 Å². The van der Waals surface area contributed by atoms with Gasteiger partial charge in [-0.05, 0) is 24.3 Å². The molecule has 0 fully saturated rings. The Bertz CT molecular complexity index is 864. The number of esters is 1. The number of amides is 1. The fraction of sp³-hybridized carbons (Fsp3) is 0.158. The lowest BCUT2D eigenvalue weighted by atomic mass is 10.1. The van der Waals surface area contributed by atoms with Gasteiger partial charge in [0.15, 0.2) is 17.2 Å². The van der Waals surface area contributed by atoms with E-state index in [1.807, 2.05) is 12.1 Å². The highest BCUT2D eigenvalue weighted by Gasteiger charge is 2.25. The molecule has 0 spiro atoms. The van der Waals surface area contributed by atoms with E-state index in [1.165, 1.54) is 50.6 Å². The van der Waals surface area contributed by atoms with Crippen molar-refractivity contribution in [1.82, 2.24) is 0 Å². The van der Waals surface area contributed by atoms with Crippen LogP contribution in [-0.4, -0.2) is 26.1 Å². The maximum Gasteiger partial charge on any atom is 0.308 e. The summed E-state index contributed by atoms with van der Waals surface area (Å²) in [6, 6.07) is 10.2. The van der Waals surface area contributed by atoms with Crippen LogP contribution in [0.15, 0.2) is 48.9 Å². The predicted molar refractivity (Wildman–Crippen MR) is 93.9 cm³/mol. The number of benzene rings is 2. The maximum atomic E-state index is 13.0. The minimum Gasteiger partial charge on any atom is -0.493 e. The molecule has 7 heteroatoms. The van der Waals surface area contributed by atoms with Gasteiger partial charge in [0.05, 0.1) is 19.9 Å². The highest BCUT2D eigenvalue weighted by Crippen LogP contribution is 2.40. The first-order chi connectivity index (χ1) is 12.5. The van der Waals surface area contributed by atoms with Crippen LogP contribution in [0.1, 0.15) is 17.3 Å². The number of hydrogen-bond donors (Lipinski definition) is 0. The first-order valence-corrected chi connectivity index (χ1v) is 7.75. The standard InChI is InChI=1S/C19H17NO6/c1-12(21)26-18-16(23-2)10-13(11-17(18)24-3)19(22)20-8-9-25-15-7-5-4-6-14(15)20/h4-11H,1-3H3. The molecule has 1 aliphatic rings. The van der Waals surface area contributed by atoms with E-state index < -0.39 is 5.97 Å². The van der Waals surface area contributed by atoms with Crippen molar-refractivity contribution in [2.45, 2.75) is 6.92 Å². The topological polar surface area (TPSA) is 74.3 Å². The van der Waals surface area contributed by atoms with Gasteiger partial charge < -0.3 is 18.9 Å². The van der Waals surface area contributed by atoms with Crippen molar-refractivity contribution in [3.8, 4) is 23.0 Å². The number of hydrogen-bond acceptors (Lipinski definition) is 6. The van der Waals surface area contributed by atoms with E-state index in [4.69, 9.17) is 18.9 Å². The summed E-state index contributed by atoms with van der Waals surface area (Å²) in [6.07, 6.45) is 2.96. The second-order valence-corrected chi connectivity index (χ2v) is 5.35. The summed E-state index contributed by atoms with van der Waals surface area (Å²) in [4.78, 5) is 25.8. The lowest BCUT2D eigenvalue weighted by Crippen LogP contribution is -2.27. The minimum atomic E-state index is -0.522. The fourth-order valence-electron chi connectivity index (χ4n) is 2.56. The number of ether oxygens (including phenoxy) is 4. The second kappa shape index (κ2) is 7.18. The average molecular weight is 355 g/mol. The first-order valence-electron chi connectivity index (χ1n) is 7.75. The Morgan fingerprint density at radius 1 is 1.04 bits per heavy atom. The zero-order chi connectivity index (χ0) is 18.7. The number of rotatable bonds is 4. The smallest absolute Gasteiger partial charge is 0.308 e. The molecule has 2 aromatic carbocycles. The highest BCUT2D eigenvalue weighted by atomic mass is 16.6. The molecule has 0 atom stereocenters. The minimum absolute atomic E-state index is 0.122. The first kappa shape index (κ1) is 17.3. The molecule has 2 aromatic rings. The largest absolute Gasteiger partial charge is 0.493 e. The Morgan fingerprint density at radius 3 is 2.31 bits per heavy atom. The van der Waals surface area contributed by atoms with Gasteiger partial charge in [0, 0.05) is 18.7 Å². The zero-order valence-corrected chi connectivity index (χ0v) is 14.5. The third-order valence-electron chi connectivity index (χ3n) is 3.70. The molecule has 0 radical (unpaired) electrons. The normalized spacial score (nSPS) is 12.0. The summed E-state index contributed by atoms with van der Waals surface area (Å²) in [5, 5.41) is 0. The molecule has 0 saturated carbocycles. The summed E-state index contributed by atoms with van der Waals surface area (Å²) in [7, 11) is 2.83. The molecule has 3 rings (SSSR count). The van der Waals surface area contributed by atoms with Crippen molar-refractivity contribution in [1.29, 1.82) is 0 Å². The number of methoxy groups -OCH3 is 2. The van der Waals surface area contributed by atoms with Gasteiger partial charge in [-0.2, -0.15) is 0 Å². The molecular formula is C19H17NO6. The van der Waals surface area contributed by atoms with Crippen molar-refractivity contribution >= 4 is 17.6 Å². The van der Waals surface area contributed by atoms with Crippen LogP contribution in [0.3, 0.4) is 0 Å². The van der Waals surface area contributed by atoms with Crippen molar-refractivity contribution in [3.63, 3.8) is 0 Å². The lowest BCUT2D eigenvalue weighted by molar-refractivity contribution is -0.132. The van der Waals surface area contributed by atoms with Gasteiger partial charge in [-0.15, -0.1) is 0 Å². The predicted octanol–water partition coefficient (Wildman–Crippen LogP) is 3.14. The van der Waals surface area contributed by atoms with Gasteiger partial charge in [-0.25, -0.2) is 0 Å². The van der Waals surface area contributed by atoms with E-state index in [1.54, 1.807) is 12.1 Å². The van der Waals surface area contributed by atoms with Crippen LogP contribution >= 0.6 is 0 Å².